The first kappa shape index (κ1) is 13.9. The number of carbonyl (C=O) groups is 1. The van der Waals surface area contributed by atoms with E-state index in [1.54, 1.807) is 0 Å². The first-order valence-corrected chi connectivity index (χ1v) is 6.90. The second-order valence-electron chi connectivity index (χ2n) is 5.01. The number of anilines is 1. The molecule has 1 aromatic rings. The first-order chi connectivity index (χ1) is 9.20. The van der Waals surface area contributed by atoms with Gasteiger partial charge in [0.2, 0.25) is 5.91 Å². The lowest BCUT2D eigenvalue weighted by Gasteiger charge is -2.26. The summed E-state index contributed by atoms with van der Waals surface area (Å²) >= 11 is 0. The van der Waals surface area contributed by atoms with Crippen molar-refractivity contribution in [3.63, 3.8) is 0 Å². The molecule has 1 aliphatic heterocycles. The Morgan fingerprint density at radius 1 is 1.53 bits per heavy atom. The number of para-hydroxylation sites is 1. The third-order valence-corrected chi connectivity index (χ3v) is 3.35. The van der Waals surface area contributed by atoms with Gasteiger partial charge in [-0.05, 0) is 31.9 Å². The number of amides is 1. The SMILES string of the molecule is CCOCC(C)NC(=O)C1CNc2ccccc2C1. The highest BCUT2D eigenvalue weighted by molar-refractivity contribution is 5.81. The number of hydrogen-bond donors (Lipinski definition) is 2. The Morgan fingerprint density at radius 2 is 2.32 bits per heavy atom. The van der Waals surface area contributed by atoms with Gasteiger partial charge in [-0.2, -0.15) is 0 Å². The summed E-state index contributed by atoms with van der Waals surface area (Å²) in [5, 5.41) is 6.33. The van der Waals surface area contributed by atoms with Gasteiger partial charge in [0.05, 0.1) is 12.5 Å². The fourth-order valence-corrected chi connectivity index (χ4v) is 2.32. The van der Waals surface area contributed by atoms with Crippen LogP contribution in [0.2, 0.25) is 0 Å². The molecule has 0 fully saturated rings. The lowest BCUT2D eigenvalue weighted by molar-refractivity contribution is -0.125. The number of carbonyl (C=O) groups excluding carboxylic acids is 1. The van der Waals surface area contributed by atoms with Gasteiger partial charge in [-0.15, -0.1) is 0 Å². The third kappa shape index (κ3) is 3.70. The fraction of sp³-hybridized carbons (Fsp3) is 0.533. The quantitative estimate of drug-likeness (QED) is 0.851. The summed E-state index contributed by atoms with van der Waals surface area (Å²) < 4.78 is 5.31. The summed E-state index contributed by atoms with van der Waals surface area (Å²) in [6.45, 7) is 5.87. The van der Waals surface area contributed by atoms with E-state index < -0.39 is 0 Å². The van der Waals surface area contributed by atoms with Crippen LogP contribution < -0.4 is 10.6 Å². The normalized spacial score (nSPS) is 19.2. The van der Waals surface area contributed by atoms with Crippen LogP contribution in [0.1, 0.15) is 19.4 Å². The zero-order valence-electron chi connectivity index (χ0n) is 11.6. The molecule has 2 atom stereocenters. The van der Waals surface area contributed by atoms with Crippen molar-refractivity contribution in [2.75, 3.05) is 25.1 Å². The summed E-state index contributed by atoms with van der Waals surface area (Å²) in [7, 11) is 0. The van der Waals surface area contributed by atoms with E-state index in [0.717, 1.165) is 12.1 Å². The average molecular weight is 262 g/mol. The van der Waals surface area contributed by atoms with Crippen molar-refractivity contribution in [2.24, 2.45) is 5.92 Å². The molecule has 19 heavy (non-hydrogen) atoms. The fourth-order valence-electron chi connectivity index (χ4n) is 2.32. The molecule has 0 bridgehead atoms. The highest BCUT2D eigenvalue weighted by Gasteiger charge is 2.24. The Kier molecular flexibility index (Phi) is 4.80. The molecule has 0 radical (unpaired) electrons. The molecule has 2 unspecified atom stereocenters. The Hall–Kier alpha value is -1.55. The molecule has 0 spiro atoms. The van der Waals surface area contributed by atoms with Crippen LogP contribution in [-0.4, -0.2) is 31.7 Å². The predicted molar refractivity (Wildman–Crippen MR) is 76.2 cm³/mol. The Labute approximate surface area is 114 Å². The Balaban J connectivity index is 1.88. The van der Waals surface area contributed by atoms with E-state index >= 15 is 0 Å². The van der Waals surface area contributed by atoms with Crippen LogP contribution in [0.25, 0.3) is 0 Å². The number of ether oxygens (including phenoxy) is 1. The molecule has 0 aliphatic carbocycles. The maximum Gasteiger partial charge on any atom is 0.225 e. The molecule has 0 saturated heterocycles. The highest BCUT2D eigenvalue weighted by atomic mass is 16.5. The van der Waals surface area contributed by atoms with E-state index in [9.17, 15) is 4.79 Å². The standard InChI is InChI=1S/C15H22N2O2/c1-3-19-10-11(2)17-15(18)13-8-12-6-4-5-7-14(12)16-9-13/h4-7,11,13,16H,3,8-10H2,1-2H3,(H,17,18). The van der Waals surface area contributed by atoms with Crippen LogP contribution in [0.15, 0.2) is 24.3 Å². The zero-order valence-corrected chi connectivity index (χ0v) is 11.6. The topological polar surface area (TPSA) is 50.4 Å². The van der Waals surface area contributed by atoms with Crippen LogP contribution in [0, 0.1) is 5.92 Å². The van der Waals surface area contributed by atoms with Gasteiger partial charge in [-0.1, -0.05) is 18.2 Å². The van der Waals surface area contributed by atoms with Gasteiger partial charge >= 0.3 is 0 Å². The van der Waals surface area contributed by atoms with Gasteiger partial charge < -0.3 is 15.4 Å². The van der Waals surface area contributed by atoms with Crippen LogP contribution in [0.3, 0.4) is 0 Å². The maximum atomic E-state index is 12.2. The van der Waals surface area contributed by atoms with Gasteiger partial charge in [0.1, 0.15) is 0 Å². The van der Waals surface area contributed by atoms with Crippen molar-refractivity contribution in [2.45, 2.75) is 26.3 Å². The molecule has 1 aromatic carbocycles. The molecule has 4 nitrogen and oxygen atoms in total. The number of hydrogen-bond acceptors (Lipinski definition) is 3. The van der Waals surface area contributed by atoms with Crippen LogP contribution in [0.4, 0.5) is 5.69 Å². The van der Waals surface area contributed by atoms with Crippen molar-refractivity contribution in [1.82, 2.24) is 5.32 Å². The van der Waals surface area contributed by atoms with E-state index in [1.165, 1.54) is 5.56 Å². The summed E-state index contributed by atoms with van der Waals surface area (Å²) in [5.41, 5.74) is 2.36. The summed E-state index contributed by atoms with van der Waals surface area (Å²) in [4.78, 5) is 12.2. The van der Waals surface area contributed by atoms with E-state index in [-0.39, 0.29) is 17.9 Å². The molecule has 0 aromatic heterocycles. The van der Waals surface area contributed by atoms with E-state index in [2.05, 4.69) is 22.8 Å². The molecular formula is C15H22N2O2. The average Bonchev–Trinajstić information content (AvgIpc) is 2.44. The van der Waals surface area contributed by atoms with Gasteiger partial charge in [-0.3, -0.25) is 4.79 Å². The van der Waals surface area contributed by atoms with Crippen LogP contribution >= 0.6 is 0 Å². The van der Waals surface area contributed by atoms with Gasteiger partial charge in [0.25, 0.3) is 0 Å². The minimum atomic E-state index is -0.000948. The highest BCUT2D eigenvalue weighted by Crippen LogP contribution is 2.24. The Morgan fingerprint density at radius 3 is 3.11 bits per heavy atom. The molecule has 1 amide bonds. The summed E-state index contributed by atoms with van der Waals surface area (Å²) in [6, 6.07) is 8.21. The molecular weight excluding hydrogens is 240 g/mol. The van der Waals surface area contributed by atoms with Crippen LogP contribution in [0.5, 0.6) is 0 Å². The zero-order chi connectivity index (χ0) is 13.7. The third-order valence-electron chi connectivity index (χ3n) is 3.35. The molecule has 1 heterocycles. The van der Waals surface area contributed by atoms with Gasteiger partial charge in [0, 0.05) is 24.9 Å². The molecule has 104 valence electrons. The second kappa shape index (κ2) is 6.57. The largest absolute Gasteiger partial charge is 0.384 e. The monoisotopic (exact) mass is 262 g/mol. The van der Waals surface area contributed by atoms with Crippen molar-refractivity contribution in [3.8, 4) is 0 Å². The lowest BCUT2D eigenvalue weighted by atomic mass is 9.93. The number of nitrogens with one attached hydrogen (secondary N) is 2. The van der Waals surface area contributed by atoms with Crippen molar-refractivity contribution >= 4 is 11.6 Å². The minimum absolute atomic E-state index is 0.000948. The molecule has 1 aliphatic rings. The van der Waals surface area contributed by atoms with Gasteiger partial charge in [0.15, 0.2) is 0 Å². The van der Waals surface area contributed by atoms with E-state index in [0.29, 0.717) is 19.8 Å². The Bertz CT molecular complexity index is 434. The van der Waals surface area contributed by atoms with Crippen molar-refractivity contribution in [1.29, 1.82) is 0 Å². The molecule has 2 N–H and O–H groups in total. The predicted octanol–water partition coefficient (Wildman–Crippen LogP) is 1.81. The summed E-state index contributed by atoms with van der Waals surface area (Å²) in [6.07, 6.45) is 0.802. The number of benzene rings is 1. The second-order valence-corrected chi connectivity index (χ2v) is 5.01. The molecule has 0 saturated carbocycles. The lowest BCUT2D eigenvalue weighted by Crippen LogP contribution is -2.43. The van der Waals surface area contributed by atoms with Gasteiger partial charge in [-0.25, -0.2) is 0 Å². The van der Waals surface area contributed by atoms with E-state index in [4.69, 9.17) is 4.74 Å². The van der Waals surface area contributed by atoms with E-state index in [1.807, 2.05) is 26.0 Å². The van der Waals surface area contributed by atoms with Crippen LogP contribution in [-0.2, 0) is 16.0 Å². The first-order valence-electron chi connectivity index (χ1n) is 6.90. The van der Waals surface area contributed by atoms with Crippen molar-refractivity contribution in [3.05, 3.63) is 29.8 Å². The maximum absolute atomic E-state index is 12.2. The van der Waals surface area contributed by atoms with Crippen molar-refractivity contribution < 1.29 is 9.53 Å². The smallest absolute Gasteiger partial charge is 0.225 e. The number of fused-ring (bicyclic) bond motifs is 1. The minimum Gasteiger partial charge on any atom is -0.384 e. The summed E-state index contributed by atoms with van der Waals surface area (Å²) in [5.74, 6) is 0.105. The molecule has 4 heteroatoms. The molecule has 2 rings (SSSR count). The number of rotatable bonds is 5.